The maximum absolute atomic E-state index is 11.7. The molecule has 0 spiro atoms. The number of aromatic nitrogens is 2. The largest absolute Gasteiger partial charge is 0.301 e. The van der Waals surface area contributed by atoms with Crippen LogP contribution < -0.4 is 5.43 Å². The van der Waals surface area contributed by atoms with Gasteiger partial charge >= 0.3 is 0 Å². The van der Waals surface area contributed by atoms with Gasteiger partial charge in [-0.1, -0.05) is 18.2 Å². The lowest BCUT2D eigenvalue weighted by Gasteiger charge is -2.08. The molecule has 0 aliphatic heterocycles. The molecule has 2 aromatic heterocycles. The van der Waals surface area contributed by atoms with Crippen molar-refractivity contribution < 1.29 is 0 Å². The van der Waals surface area contributed by atoms with Crippen molar-refractivity contribution in [3.05, 3.63) is 71.1 Å². The summed E-state index contributed by atoms with van der Waals surface area (Å²) in [7, 11) is 0. The number of hydrogen-bond acceptors (Lipinski definition) is 2. The molecule has 0 atom stereocenters. The zero-order valence-corrected chi connectivity index (χ0v) is 9.08. The Kier molecular flexibility index (Phi) is 2.22. The van der Waals surface area contributed by atoms with E-state index in [0.717, 1.165) is 11.3 Å². The lowest BCUT2D eigenvalue weighted by Crippen LogP contribution is -2.07. The van der Waals surface area contributed by atoms with E-state index in [1.807, 2.05) is 47.0 Å². The highest BCUT2D eigenvalue weighted by atomic mass is 16.1. The van der Waals surface area contributed by atoms with Crippen molar-refractivity contribution in [3.8, 4) is 5.82 Å². The highest BCUT2D eigenvalue weighted by molar-refractivity contribution is 5.80. The number of para-hydroxylation sites is 1. The van der Waals surface area contributed by atoms with Crippen LogP contribution in [0.3, 0.4) is 0 Å². The summed E-state index contributed by atoms with van der Waals surface area (Å²) in [5.74, 6) is 0.809. The maximum Gasteiger partial charge on any atom is 0.189 e. The SMILES string of the molecule is O=c1ccn(-c2ccccn2)c2ccccc12. The Balaban J connectivity index is 2.39. The van der Waals surface area contributed by atoms with Gasteiger partial charge in [0.15, 0.2) is 5.43 Å². The minimum Gasteiger partial charge on any atom is -0.301 e. The van der Waals surface area contributed by atoms with Crippen LogP contribution in [-0.4, -0.2) is 9.55 Å². The summed E-state index contributed by atoms with van der Waals surface area (Å²) in [5, 5.41) is 0.709. The van der Waals surface area contributed by atoms with Gasteiger partial charge in [-0.15, -0.1) is 0 Å². The smallest absolute Gasteiger partial charge is 0.189 e. The van der Waals surface area contributed by atoms with Gasteiger partial charge in [0.1, 0.15) is 5.82 Å². The summed E-state index contributed by atoms with van der Waals surface area (Å²) < 4.78 is 1.91. The molecule has 0 fully saturated rings. The molecule has 0 saturated heterocycles. The fourth-order valence-corrected chi connectivity index (χ4v) is 1.90. The third-order valence-corrected chi connectivity index (χ3v) is 2.70. The predicted octanol–water partition coefficient (Wildman–Crippen LogP) is 2.39. The van der Waals surface area contributed by atoms with Gasteiger partial charge in [-0.3, -0.25) is 4.79 Å². The molecule has 0 bridgehead atoms. The first kappa shape index (κ1) is 9.78. The first-order valence-electron chi connectivity index (χ1n) is 5.38. The zero-order valence-electron chi connectivity index (χ0n) is 9.08. The molecule has 3 aromatic rings. The lowest BCUT2D eigenvalue weighted by atomic mass is 10.2. The lowest BCUT2D eigenvalue weighted by molar-refractivity contribution is 1.03. The third kappa shape index (κ3) is 1.61. The molecule has 0 saturated carbocycles. The van der Waals surface area contributed by atoms with Crippen LogP contribution in [-0.2, 0) is 0 Å². The molecular formula is C14H10N2O. The molecule has 0 radical (unpaired) electrons. The average molecular weight is 222 g/mol. The molecule has 1 aromatic carbocycles. The number of fused-ring (bicyclic) bond motifs is 1. The quantitative estimate of drug-likeness (QED) is 0.633. The average Bonchev–Trinajstić information content (AvgIpc) is 2.41. The minimum absolute atomic E-state index is 0.0350. The van der Waals surface area contributed by atoms with Gasteiger partial charge < -0.3 is 4.57 Å². The number of hydrogen-bond donors (Lipinski definition) is 0. The summed E-state index contributed by atoms with van der Waals surface area (Å²) in [6.07, 6.45) is 3.50. The van der Waals surface area contributed by atoms with E-state index in [1.54, 1.807) is 18.5 Å². The van der Waals surface area contributed by atoms with Crippen LogP contribution in [0.15, 0.2) is 65.7 Å². The van der Waals surface area contributed by atoms with Gasteiger partial charge in [0.25, 0.3) is 0 Å². The highest BCUT2D eigenvalue weighted by Gasteiger charge is 2.03. The van der Waals surface area contributed by atoms with E-state index in [2.05, 4.69) is 4.98 Å². The van der Waals surface area contributed by atoms with Crippen molar-refractivity contribution in [2.45, 2.75) is 0 Å². The number of rotatable bonds is 1. The van der Waals surface area contributed by atoms with E-state index in [4.69, 9.17) is 0 Å². The number of pyridine rings is 2. The molecule has 82 valence electrons. The molecule has 3 nitrogen and oxygen atoms in total. The predicted molar refractivity (Wildman–Crippen MR) is 67.3 cm³/mol. The van der Waals surface area contributed by atoms with Gasteiger partial charge in [0, 0.05) is 23.8 Å². The molecule has 2 heterocycles. The van der Waals surface area contributed by atoms with Gasteiger partial charge in [-0.2, -0.15) is 0 Å². The molecule has 0 aliphatic rings. The molecule has 3 rings (SSSR count). The summed E-state index contributed by atoms with van der Waals surface area (Å²) in [4.78, 5) is 16.0. The molecule has 0 amide bonds. The zero-order chi connectivity index (χ0) is 11.7. The van der Waals surface area contributed by atoms with Gasteiger partial charge in [-0.05, 0) is 24.3 Å². The van der Waals surface area contributed by atoms with Crippen molar-refractivity contribution in [1.82, 2.24) is 9.55 Å². The molecular weight excluding hydrogens is 212 g/mol. The van der Waals surface area contributed by atoms with Crippen LogP contribution in [0.2, 0.25) is 0 Å². The second-order valence-corrected chi connectivity index (χ2v) is 3.76. The van der Waals surface area contributed by atoms with Crippen LogP contribution in [0, 0.1) is 0 Å². The second-order valence-electron chi connectivity index (χ2n) is 3.76. The number of nitrogens with zero attached hydrogens (tertiary/aromatic N) is 2. The summed E-state index contributed by atoms with van der Waals surface area (Å²) in [6.45, 7) is 0. The monoisotopic (exact) mass is 222 g/mol. The summed E-state index contributed by atoms with van der Waals surface area (Å²) in [6, 6.07) is 14.8. The Morgan fingerprint density at radius 1 is 0.941 bits per heavy atom. The second kappa shape index (κ2) is 3.87. The fraction of sp³-hybridized carbons (Fsp3) is 0. The summed E-state index contributed by atoms with van der Waals surface area (Å²) >= 11 is 0. The van der Waals surface area contributed by atoms with E-state index in [1.165, 1.54) is 0 Å². The molecule has 17 heavy (non-hydrogen) atoms. The van der Waals surface area contributed by atoms with Crippen molar-refractivity contribution in [1.29, 1.82) is 0 Å². The molecule has 0 unspecified atom stereocenters. The first-order valence-corrected chi connectivity index (χ1v) is 5.38. The number of benzene rings is 1. The van der Waals surface area contributed by atoms with Crippen molar-refractivity contribution >= 4 is 10.9 Å². The topological polar surface area (TPSA) is 34.9 Å². The van der Waals surface area contributed by atoms with Gasteiger partial charge in [0.05, 0.1) is 5.52 Å². The van der Waals surface area contributed by atoms with Crippen LogP contribution >= 0.6 is 0 Å². The van der Waals surface area contributed by atoms with Crippen molar-refractivity contribution in [3.63, 3.8) is 0 Å². The Hall–Kier alpha value is -2.42. The maximum atomic E-state index is 11.7. The van der Waals surface area contributed by atoms with Crippen LogP contribution in [0.5, 0.6) is 0 Å². The standard InChI is InChI=1S/C14H10N2O/c17-13-8-10-16(14-7-3-4-9-15-14)12-6-2-1-5-11(12)13/h1-10H. The Labute approximate surface area is 98.0 Å². The van der Waals surface area contributed by atoms with E-state index in [-0.39, 0.29) is 5.43 Å². The fourth-order valence-electron chi connectivity index (χ4n) is 1.90. The Morgan fingerprint density at radius 2 is 1.76 bits per heavy atom. The van der Waals surface area contributed by atoms with Crippen molar-refractivity contribution in [2.75, 3.05) is 0 Å². The van der Waals surface area contributed by atoms with Crippen LogP contribution in [0.1, 0.15) is 0 Å². The Bertz CT molecular complexity index is 717. The van der Waals surface area contributed by atoms with Gasteiger partial charge in [-0.25, -0.2) is 4.98 Å². The van der Waals surface area contributed by atoms with E-state index in [9.17, 15) is 4.79 Å². The van der Waals surface area contributed by atoms with Crippen LogP contribution in [0.4, 0.5) is 0 Å². The van der Waals surface area contributed by atoms with E-state index < -0.39 is 0 Å². The summed E-state index contributed by atoms with van der Waals surface area (Å²) in [5.41, 5.74) is 0.909. The minimum atomic E-state index is 0.0350. The molecule has 0 aliphatic carbocycles. The molecule has 3 heteroatoms. The van der Waals surface area contributed by atoms with Gasteiger partial charge in [0.2, 0.25) is 0 Å². The Morgan fingerprint density at radius 3 is 2.59 bits per heavy atom. The first-order chi connectivity index (χ1) is 8.36. The molecule has 0 N–H and O–H groups in total. The van der Waals surface area contributed by atoms with Crippen molar-refractivity contribution in [2.24, 2.45) is 0 Å². The third-order valence-electron chi connectivity index (χ3n) is 2.70. The van der Waals surface area contributed by atoms with E-state index in [0.29, 0.717) is 5.39 Å². The van der Waals surface area contributed by atoms with Crippen LogP contribution in [0.25, 0.3) is 16.7 Å². The van der Waals surface area contributed by atoms with E-state index >= 15 is 0 Å². The highest BCUT2D eigenvalue weighted by Crippen LogP contribution is 2.13. The normalized spacial score (nSPS) is 10.6.